The third-order valence-electron chi connectivity index (χ3n) is 5.47. The Labute approximate surface area is 170 Å². The molecule has 0 aliphatic heterocycles. The van der Waals surface area contributed by atoms with E-state index in [1.54, 1.807) is 0 Å². The van der Waals surface area contributed by atoms with Gasteiger partial charge in [0, 0.05) is 11.6 Å². The van der Waals surface area contributed by atoms with Crippen molar-refractivity contribution in [3.63, 3.8) is 0 Å². The predicted octanol–water partition coefficient (Wildman–Crippen LogP) is 3.09. The van der Waals surface area contributed by atoms with Crippen molar-refractivity contribution < 1.29 is 9.53 Å². The lowest BCUT2D eigenvalue weighted by Crippen LogP contribution is -2.44. The van der Waals surface area contributed by atoms with Crippen LogP contribution in [-0.2, 0) is 4.79 Å². The van der Waals surface area contributed by atoms with Crippen molar-refractivity contribution in [1.82, 2.24) is 20.2 Å². The van der Waals surface area contributed by atoms with Crippen LogP contribution in [0.5, 0.6) is 5.75 Å². The topological polar surface area (TPSA) is 95.1 Å². The Bertz CT molecular complexity index is 792. The smallest absolute Gasteiger partial charge is 0.230 e. The van der Waals surface area contributed by atoms with Gasteiger partial charge in [-0.15, -0.1) is 10.2 Å². The average Bonchev–Trinajstić information content (AvgIpc) is 3.05. The van der Waals surface area contributed by atoms with E-state index in [9.17, 15) is 4.79 Å². The number of ether oxygens (including phenoxy) is 1. The minimum atomic E-state index is 0.0153. The minimum absolute atomic E-state index is 0.0153. The Morgan fingerprint density at radius 3 is 2.75 bits per heavy atom. The number of thioether (sulfide) groups is 1. The Kier molecular flexibility index (Phi) is 6.83. The second-order valence-electron chi connectivity index (χ2n) is 7.36. The first-order valence-electron chi connectivity index (χ1n) is 9.85. The summed E-state index contributed by atoms with van der Waals surface area (Å²) in [6.45, 7) is 7.05. The number of nitrogens with two attached hydrogens (primary N) is 1. The highest BCUT2D eigenvalue weighted by molar-refractivity contribution is 7.99. The molecule has 1 aromatic heterocycles. The molecule has 152 valence electrons. The second-order valence-corrected chi connectivity index (χ2v) is 8.31. The Morgan fingerprint density at radius 2 is 2.04 bits per heavy atom. The number of benzene rings is 1. The monoisotopic (exact) mass is 403 g/mol. The van der Waals surface area contributed by atoms with Crippen molar-refractivity contribution in [3.8, 4) is 17.1 Å². The normalized spacial score (nSPS) is 22.0. The third kappa shape index (κ3) is 4.79. The van der Waals surface area contributed by atoms with Crippen LogP contribution in [0.1, 0.15) is 40.0 Å². The van der Waals surface area contributed by atoms with Crippen molar-refractivity contribution in [1.29, 1.82) is 0 Å². The molecule has 0 saturated heterocycles. The number of carbonyl (C=O) groups excluding carboxylic acids is 1. The fourth-order valence-electron chi connectivity index (χ4n) is 3.60. The second kappa shape index (κ2) is 9.32. The van der Waals surface area contributed by atoms with E-state index in [4.69, 9.17) is 10.6 Å². The van der Waals surface area contributed by atoms with Crippen molar-refractivity contribution >= 4 is 17.7 Å². The minimum Gasteiger partial charge on any atom is -0.494 e. The van der Waals surface area contributed by atoms with E-state index < -0.39 is 0 Å². The molecule has 0 bridgehead atoms. The van der Waals surface area contributed by atoms with Gasteiger partial charge in [-0.2, -0.15) is 0 Å². The summed E-state index contributed by atoms with van der Waals surface area (Å²) in [7, 11) is 0. The maximum absolute atomic E-state index is 12.4. The summed E-state index contributed by atoms with van der Waals surface area (Å²) in [5, 5.41) is 12.0. The van der Waals surface area contributed by atoms with Gasteiger partial charge in [0.25, 0.3) is 0 Å². The van der Waals surface area contributed by atoms with Gasteiger partial charge in [-0.1, -0.05) is 38.5 Å². The summed E-state index contributed by atoms with van der Waals surface area (Å²) < 4.78 is 6.88. The highest BCUT2D eigenvalue weighted by Crippen LogP contribution is 2.29. The Hall–Kier alpha value is -2.22. The molecule has 1 amide bonds. The first kappa shape index (κ1) is 20.5. The molecular formula is C20H29N5O2S. The number of nitrogens with zero attached hydrogens (tertiary/aromatic N) is 3. The van der Waals surface area contributed by atoms with Crippen LogP contribution in [0.3, 0.4) is 0 Å². The number of nitrogen functional groups attached to an aromatic ring is 1. The van der Waals surface area contributed by atoms with Crippen molar-refractivity contribution in [2.24, 2.45) is 11.8 Å². The van der Waals surface area contributed by atoms with Gasteiger partial charge in [-0.05, 0) is 49.4 Å². The summed E-state index contributed by atoms with van der Waals surface area (Å²) in [5.41, 5.74) is 0.847. The largest absolute Gasteiger partial charge is 0.494 e. The molecule has 0 radical (unpaired) electrons. The van der Waals surface area contributed by atoms with E-state index in [0.717, 1.165) is 17.7 Å². The number of carbonyl (C=O) groups is 1. The van der Waals surface area contributed by atoms with Crippen LogP contribution in [0.4, 0.5) is 0 Å². The first-order valence-corrected chi connectivity index (χ1v) is 10.8. The number of rotatable bonds is 7. The molecule has 8 heteroatoms. The molecule has 1 aromatic carbocycles. The first-order chi connectivity index (χ1) is 13.5. The number of nitrogens with one attached hydrogen (secondary N) is 1. The lowest BCUT2D eigenvalue weighted by Gasteiger charge is -2.34. The highest BCUT2D eigenvalue weighted by atomic mass is 32.2. The zero-order valence-corrected chi connectivity index (χ0v) is 17.5. The van der Waals surface area contributed by atoms with Gasteiger partial charge in [0.1, 0.15) is 5.75 Å². The fourth-order valence-corrected chi connectivity index (χ4v) is 4.27. The van der Waals surface area contributed by atoms with Crippen LogP contribution in [0, 0.1) is 11.8 Å². The average molecular weight is 404 g/mol. The van der Waals surface area contributed by atoms with E-state index in [1.807, 2.05) is 31.2 Å². The Balaban J connectivity index is 1.57. The summed E-state index contributed by atoms with van der Waals surface area (Å²) in [4.78, 5) is 12.4. The number of aromatic nitrogens is 3. The van der Waals surface area contributed by atoms with Gasteiger partial charge in [0.05, 0.1) is 12.4 Å². The SMILES string of the molecule is CCOc1ccc(-c2nnc(SCC(=O)N[C@H]3CCC[C@H](C)[C@@H]3C)n2N)cc1. The lowest BCUT2D eigenvalue weighted by atomic mass is 9.78. The van der Waals surface area contributed by atoms with E-state index >= 15 is 0 Å². The van der Waals surface area contributed by atoms with Crippen LogP contribution in [0.15, 0.2) is 29.4 Å². The van der Waals surface area contributed by atoms with E-state index in [-0.39, 0.29) is 17.7 Å². The lowest BCUT2D eigenvalue weighted by molar-refractivity contribution is -0.120. The summed E-state index contributed by atoms with van der Waals surface area (Å²) in [6.07, 6.45) is 3.47. The molecule has 2 aromatic rings. The van der Waals surface area contributed by atoms with Crippen molar-refractivity contribution in [2.75, 3.05) is 18.2 Å². The molecular weight excluding hydrogens is 374 g/mol. The van der Waals surface area contributed by atoms with Crippen LogP contribution in [0.2, 0.25) is 0 Å². The van der Waals surface area contributed by atoms with Crippen molar-refractivity contribution in [2.45, 2.75) is 51.2 Å². The summed E-state index contributed by atoms with van der Waals surface area (Å²) in [5.74, 6) is 8.95. The van der Waals surface area contributed by atoms with Gasteiger partial charge in [-0.3, -0.25) is 4.79 Å². The van der Waals surface area contributed by atoms with Gasteiger partial charge in [0.15, 0.2) is 5.82 Å². The van der Waals surface area contributed by atoms with Gasteiger partial charge in [-0.25, -0.2) is 4.68 Å². The molecule has 0 unspecified atom stereocenters. The molecule has 28 heavy (non-hydrogen) atoms. The molecule has 1 aliphatic rings. The maximum Gasteiger partial charge on any atom is 0.230 e. The highest BCUT2D eigenvalue weighted by Gasteiger charge is 2.28. The molecule has 3 rings (SSSR count). The van der Waals surface area contributed by atoms with Crippen LogP contribution in [0.25, 0.3) is 11.4 Å². The quantitative estimate of drug-likeness (QED) is 0.545. The molecule has 1 aliphatic carbocycles. The molecule has 7 nitrogen and oxygen atoms in total. The molecule has 0 spiro atoms. The summed E-state index contributed by atoms with van der Waals surface area (Å²) >= 11 is 1.30. The van der Waals surface area contributed by atoms with E-state index in [0.29, 0.717) is 29.4 Å². The van der Waals surface area contributed by atoms with Gasteiger partial charge < -0.3 is 15.9 Å². The predicted molar refractivity (Wildman–Crippen MR) is 112 cm³/mol. The van der Waals surface area contributed by atoms with E-state index in [1.165, 1.54) is 29.3 Å². The fraction of sp³-hybridized carbons (Fsp3) is 0.550. The van der Waals surface area contributed by atoms with Crippen LogP contribution < -0.4 is 15.9 Å². The Morgan fingerprint density at radius 1 is 1.29 bits per heavy atom. The zero-order valence-electron chi connectivity index (χ0n) is 16.7. The van der Waals surface area contributed by atoms with E-state index in [2.05, 4.69) is 29.4 Å². The molecule has 1 heterocycles. The van der Waals surface area contributed by atoms with Gasteiger partial charge in [0.2, 0.25) is 11.1 Å². The van der Waals surface area contributed by atoms with Crippen LogP contribution in [-0.4, -0.2) is 39.2 Å². The third-order valence-corrected chi connectivity index (χ3v) is 6.42. The van der Waals surface area contributed by atoms with Crippen molar-refractivity contribution in [3.05, 3.63) is 24.3 Å². The van der Waals surface area contributed by atoms with Gasteiger partial charge >= 0.3 is 0 Å². The zero-order chi connectivity index (χ0) is 20.1. The molecule has 1 saturated carbocycles. The number of hydrogen-bond acceptors (Lipinski definition) is 6. The summed E-state index contributed by atoms with van der Waals surface area (Å²) in [6, 6.07) is 7.79. The number of hydrogen-bond donors (Lipinski definition) is 2. The standard InChI is InChI=1S/C20H29N5O2S/c1-4-27-16-10-8-15(9-11-16)19-23-24-20(25(19)21)28-12-18(26)22-17-7-5-6-13(2)14(17)3/h8-11,13-14,17H,4-7,12,21H2,1-3H3,(H,22,26)/t13-,14-,17-/m0/s1. The molecule has 1 fully saturated rings. The number of amides is 1. The maximum atomic E-state index is 12.4. The van der Waals surface area contributed by atoms with Crippen LogP contribution >= 0.6 is 11.8 Å². The molecule has 3 atom stereocenters. The molecule has 3 N–H and O–H groups in total.